The summed E-state index contributed by atoms with van der Waals surface area (Å²) in [6, 6.07) is 0.364. The van der Waals surface area contributed by atoms with Gasteiger partial charge in [-0.1, -0.05) is 24.9 Å². The Hall–Kier alpha value is -0.680. The van der Waals surface area contributed by atoms with Crippen LogP contribution in [0.15, 0.2) is 4.52 Å². The van der Waals surface area contributed by atoms with Crippen molar-refractivity contribution in [1.82, 2.24) is 10.5 Å². The van der Waals surface area contributed by atoms with E-state index in [0.29, 0.717) is 11.3 Å². The fraction of sp³-hybridized carbons (Fsp3) is 0.786. The molecule has 0 radical (unpaired) electrons. The van der Waals surface area contributed by atoms with Gasteiger partial charge in [0.25, 0.3) is 0 Å². The van der Waals surface area contributed by atoms with E-state index in [4.69, 9.17) is 4.52 Å². The minimum absolute atomic E-state index is 0.305. The van der Waals surface area contributed by atoms with E-state index in [2.05, 4.69) is 10.5 Å². The van der Waals surface area contributed by atoms with E-state index in [9.17, 15) is 4.21 Å². The number of aromatic nitrogens is 1. The van der Waals surface area contributed by atoms with E-state index < -0.39 is 10.8 Å². The Labute approximate surface area is 117 Å². The summed E-state index contributed by atoms with van der Waals surface area (Å²) in [6.07, 6.45) is 4.65. The minimum atomic E-state index is -0.704. The maximum atomic E-state index is 12.1. The van der Waals surface area contributed by atoms with Crippen molar-refractivity contribution in [2.75, 3.05) is 5.75 Å². The molecule has 0 bridgehead atoms. The van der Waals surface area contributed by atoms with Gasteiger partial charge in [-0.25, -0.2) is 0 Å². The van der Waals surface area contributed by atoms with Crippen LogP contribution in [-0.4, -0.2) is 26.4 Å². The topological polar surface area (TPSA) is 55.1 Å². The molecule has 5 heteroatoms. The van der Waals surface area contributed by atoms with Crippen molar-refractivity contribution in [1.29, 1.82) is 0 Å². The van der Waals surface area contributed by atoms with Gasteiger partial charge in [0.1, 0.15) is 5.76 Å². The second-order valence-electron chi connectivity index (χ2n) is 5.28. The number of aryl methyl sites for hydroxylation is 2. The summed E-state index contributed by atoms with van der Waals surface area (Å²) in [5.41, 5.74) is 2.10. The van der Waals surface area contributed by atoms with Gasteiger partial charge in [-0.2, -0.15) is 0 Å². The molecule has 1 heterocycles. The molecule has 1 saturated carbocycles. The zero-order chi connectivity index (χ0) is 13.8. The average molecular weight is 284 g/mol. The Bertz CT molecular complexity index is 425. The van der Waals surface area contributed by atoms with Gasteiger partial charge >= 0.3 is 0 Å². The maximum absolute atomic E-state index is 12.1. The molecule has 0 aromatic carbocycles. The zero-order valence-electron chi connectivity index (χ0n) is 12.1. The van der Waals surface area contributed by atoms with E-state index in [1.54, 1.807) is 0 Å². The van der Waals surface area contributed by atoms with E-state index >= 15 is 0 Å². The first-order chi connectivity index (χ1) is 9.13. The molecule has 19 heavy (non-hydrogen) atoms. The lowest BCUT2D eigenvalue weighted by atomic mass is 9.94. The molecule has 1 N–H and O–H groups in total. The van der Waals surface area contributed by atoms with Crippen molar-refractivity contribution < 1.29 is 8.73 Å². The molecule has 1 aliphatic rings. The molecular weight excluding hydrogens is 260 g/mol. The fourth-order valence-corrected chi connectivity index (χ4v) is 4.30. The molecule has 3 atom stereocenters. The van der Waals surface area contributed by atoms with Crippen LogP contribution in [0.2, 0.25) is 0 Å². The standard InChI is InChI=1S/C14H24N2O2S/c1-4-19(17)14-8-6-5-7-13(14)15-9-12-10(2)16-18-11(12)3/h13-15H,4-9H2,1-3H3/t13-,14+,19+/m1/s1. The lowest BCUT2D eigenvalue weighted by Gasteiger charge is -2.31. The second kappa shape index (κ2) is 6.66. The Balaban J connectivity index is 1.98. The summed E-state index contributed by atoms with van der Waals surface area (Å²) in [5.74, 6) is 1.64. The summed E-state index contributed by atoms with van der Waals surface area (Å²) in [7, 11) is -0.704. The van der Waals surface area contributed by atoms with Crippen LogP contribution in [0.3, 0.4) is 0 Å². The first kappa shape index (κ1) is 14.7. The van der Waals surface area contributed by atoms with Crippen molar-refractivity contribution in [2.45, 2.75) is 64.3 Å². The summed E-state index contributed by atoms with van der Waals surface area (Å²) in [6.45, 7) is 6.69. The van der Waals surface area contributed by atoms with Crippen LogP contribution in [0.5, 0.6) is 0 Å². The molecule has 0 unspecified atom stereocenters. The van der Waals surface area contributed by atoms with Gasteiger partial charge < -0.3 is 9.84 Å². The molecule has 4 nitrogen and oxygen atoms in total. The highest BCUT2D eigenvalue weighted by atomic mass is 32.2. The molecule has 2 rings (SSSR count). The van der Waals surface area contributed by atoms with E-state index in [-0.39, 0.29) is 0 Å². The van der Waals surface area contributed by atoms with Crippen LogP contribution >= 0.6 is 0 Å². The van der Waals surface area contributed by atoms with Crippen molar-refractivity contribution in [3.8, 4) is 0 Å². The Morgan fingerprint density at radius 3 is 2.74 bits per heavy atom. The quantitative estimate of drug-likeness (QED) is 0.902. The first-order valence-corrected chi connectivity index (χ1v) is 8.54. The third kappa shape index (κ3) is 3.45. The van der Waals surface area contributed by atoms with Gasteiger partial charge in [0, 0.05) is 34.7 Å². The monoisotopic (exact) mass is 284 g/mol. The highest BCUT2D eigenvalue weighted by molar-refractivity contribution is 7.85. The smallest absolute Gasteiger partial charge is 0.138 e. The minimum Gasteiger partial charge on any atom is -0.361 e. The number of nitrogens with zero attached hydrogens (tertiary/aromatic N) is 1. The van der Waals surface area contributed by atoms with Crippen molar-refractivity contribution >= 4 is 10.8 Å². The number of nitrogens with one attached hydrogen (secondary N) is 1. The van der Waals surface area contributed by atoms with Crippen LogP contribution < -0.4 is 5.32 Å². The maximum Gasteiger partial charge on any atom is 0.138 e. The molecule has 108 valence electrons. The van der Waals surface area contributed by atoms with Gasteiger partial charge in [-0.15, -0.1) is 0 Å². The van der Waals surface area contributed by atoms with E-state index in [1.807, 2.05) is 20.8 Å². The normalized spacial score (nSPS) is 25.4. The zero-order valence-corrected chi connectivity index (χ0v) is 12.9. The first-order valence-electron chi connectivity index (χ1n) is 7.15. The van der Waals surface area contributed by atoms with E-state index in [1.165, 1.54) is 12.8 Å². The number of rotatable bonds is 5. The van der Waals surface area contributed by atoms with Gasteiger partial charge in [0.2, 0.25) is 0 Å². The van der Waals surface area contributed by atoms with Crippen LogP contribution in [0.25, 0.3) is 0 Å². The number of hydrogen-bond acceptors (Lipinski definition) is 4. The summed E-state index contributed by atoms with van der Waals surface area (Å²) >= 11 is 0. The molecular formula is C14H24N2O2S. The largest absolute Gasteiger partial charge is 0.361 e. The highest BCUT2D eigenvalue weighted by Crippen LogP contribution is 2.24. The average Bonchev–Trinajstić information content (AvgIpc) is 2.75. The van der Waals surface area contributed by atoms with E-state index in [0.717, 1.165) is 42.2 Å². The molecule has 0 saturated heterocycles. The van der Waals surface area contributed by atoms with Gasteiger partial charge in [0.15, 0.2) is 0 Å². The Morgan fingerprint density at radius 2 is 2.11 bits per heavy atom. The van der Waals surface area contributed by atoms with Crippen molar-refractivity contribution in [2.24, 2.45) is 0 Å². The third-order valence-electron chi connectivity index (χ3n) is 4.05. The third-order valence-corrected chi connectivity index (χ3v) is 5.86. The summed E-state index contributed by atoms with van der Waals surface area (Å²) < 4.78 is 17.3. The van der Waals surface area contributed by atoms with Crippen LogP contribution in [0, 0.1) is 13.8 Å². The molecule has 0 amide bonds. The predicted octanol–water partition coefficient (Wildman–Crippen LogP) is 2.46. The lowest BCUT2D eigenvalue weighted by Crippen LogP contribution is -2.44. The van der Waals surface area contributed by atoms with Crippen LogP contribution in [0.1, 0.15) is 49.6 Å². The second-order valence-corrected chi connectivity index (χ2v) is 7.23. The molecule has 1 aliphatic carbocycles. The molecule has 1 fully saturated rings. The molecule has 1 aromatic rings. The summed E-state index contributed by atoms with van der Waals surface area (Å²) in [5, 5.41) is 7.86. The van der Waals surface area contributed by atoms with Crippen molar-refractivity contribution in [3.05, 3.63) is 17.0 Å². The predicted molar refractivity (Wildman–Crippen MR) is 77.5 cm³/mol. The van der Waals surface area contributed by atoms with Crippen LogP contribution in [-0.2, 0) is 17.3 Å². The molecule has 0 aliphatic heterocycles. The highest BCUT2D eigenvalue weighted by Gasteiger charge is 2.29. The van der Waals surface area contributed by atoms with Gasteiger partial charge in [-0.05, 0) is 26.7 Å². The van der Waals surface area contributed by atoms with Gasteiger partial charge in [0.05, 0.1) is 10.9 Å². The van der Waals surface area contributed by atoms with Gasteiger partial charge in [-0.3, -0.25) is 4.21 Å². The van der Waals surface area contributed by atoms with Crippen LogP contribution in [0.4, 0.5) is 0 Å². The number of hydrogen-bond donors (Lipinski definition) is 1. The fourth-order valence-electron chi connectivity index (χ4n) is 2.85. The lowest BCUT2D eigenvalue weighted by molar-refractivity contribution is 0.373. The molecule has 0 spiro atoms. The summed E-state index contributed by atoms with van der Waals surface area (Å²) in [4.78, 5) is 0. The SMILES string of the molecule is CC[S@](=O)[C@H]1CCCC[C@H]1NCc1c(C)noc1C. The Morgan fingerprint density at radius 1 is 1.37 bits per heavy atom. The van der Waals surface area contributed by atoms with Crippen molar-refractivity contribution in [3.63, 3.8) is 0 Å². The Kier molecular flexibility index (Phi) is 5.16. The molecule has 1 aromatic heterocycles.